The molecular weight excluding hydrogens is 481 g/mol. The molecule has 1 saturated heterocycles. The number of halogens is 3. The molecule has 8 nitrogen and oxygen atoms in total. The van der Waals surface area contributed by atoms with Crippen LogP contribution in [0.4, 0.5) is 18.2 Å². The Kier molecular flexibility index (Phi) is 6.76. The normalized spacial score (nSPS) is 16.6. The lowest BCUT2D eigenvalue weighted by Gasteiger charge is -2.40. The molecule has 1 aromatic carbocycles. The van der Waals surface area contributed by atoms with Crippen LogP contribution in [-0.4, -0.2) is 63.3 Å². The van der Waals surface area contributed by atoms with Crippen LogP contribution in [0, 0.1) is 20.8 Å². The monoisotopic (exact) mass is 508 g/mol. The lowest BCUT2D eigenvalue weighted by Crippen LogP contribution is -2.54. The summed E-state index contributed by atoms with van der Waals surface area (Å²) in [5.74, 6) is 1.81. The van der Waals surface area contributed by atoms with Gasteiger partial charge >= 0.3 is 6.18 Å². The molecule has 0 radical (unpaired) electrons. The standard InChI is InChI=1S/C23H27F3N6O2S/c1-13-10-17(6-7-18(13)34-5)20-21(35-22(28-20)23(24,25)26)30-8-9-31(14(2)11-30)19(33)12-32-16(4)27-15(3)29-32/h6-7,10,14H,8-9,11-12H2,1-5H3/t14-/m1/s1. The Balaban J connectivity index is 1.58. The predicted octanol–water partition coefficient (Wildman–Crippen LogP) is 4.09. The highest BCUT2D eigenvalue weighted by Crippen LogP contribution is 2.43. The number of amides is 1. The highest BCUT2D eigenvalue weighted by Gasteiger charge is 2.38. The molecule has 188 valence electrons. The summed E-state index contributed by atoms with van der Waals surface area (Å²) < 4.78 is 47.6. The first-order valence-corrected chi connectivity index (χ1v) is 11.9. The smallest absolute Gasteiger partial charge is 0.443 e. The van der Waals surface area contributed by atoms with E-state index in [1.807, 2.05) is 18.7 Å². The second-order valence-corrected chi connectivity index (χ2v) is 9.58. The van der Waals surface area contributed by atoms with Crippen molar-refractivity contribution in [2.75, 3.05) is 31.6 Å². The van der Waals surface area contributed by atoms with Gasteiger partial charge in [0.1, 0.15) is 34.6 Å². The van der Waals surface area contributed by atoms with Crippen LogP contribution in [0.15, 0.2) is 18.2 Å². The van der Waals surface area contributed by atoms with E-state index in [2.05, 4.69) is 15.1 Å². The predicted molar refractivity (Wildman–Crippen MR) is 127 cm³/mol. The average molecular weight is 509 g/mol. The van der Waals surface area contributed by atoms with Crippen LogP contribution in [0.2, 0.25) is 0 Å². The van der Waals surface area contributed by atoms with Gasteiger partial charge in [0, 0.05) is 31.2 Å². The lowest BCUT2D eigenvalue weighted by atomic mass is 10.1. The number of methoxy groups -OCH3 is 1. The lowest BCUT2D eigenvalue weighted by molar-refractivity contribution is -0.137. The van der Waals surface area contributed by atoms with E-state index >= 15 is 0 Å². The fourth-order valence-electron chi connectivity index (χ4n) is 4.30. The number of benzene rings is 1. The highest BCUT2D eigenvalue weighted by molar-refractivity contribution is 7.16. The molecule has 1 fully saturated rings. The van der Waals surface area contributed by atoms with E-state index in [0.29, 0.717) is 58.9 Å². The van der Waals surface area contributed by atoms with E-state index in [-0.39, 0.29) is 24.2 Å². The van der Waals surface area contributed by atoms with Gasteiger partial charge in [0.2, 0.25) is 10.9 Å². The first kappa shape index (κ1) is 25.0. The molecule has 0 unspecified atom stereocenters. The van der Waals surface area contributed by atoms with Crippen molar-refractivity contribution >= 4 is 22.2 Å². The van der Waals surface area contributed by atoms with Gasteiger partial charge in [-0.1, -0.05) is 11.3 Å². The molecule has 1 atom stereocenters. The Labute approximate surface area is 205 Å². The Morgan fingerprint density at radius 2 is 1.94 bits per heavy atom. The zero-order chi connectivity index (χ0) is 25.5. The average Bonchev–Trinajstić information content (AvgIpc) is 3.36. The number of carbonyl (C=O) groups excluding carboxylic acids is 1. The van der Waals surface area contributed by atoms with Gasteiger partial charge in [-0.2, -0.15) is 18.3 Å². The summed E-state index contributed by atoms with van der Waals surface area (Å²) in [6, 6.07) is 5.02. The zero-order valence-electron chi connectivity index (χ0n) is 20.2. The number of aromatic nitrogens is 4. The molecular formula is C23H27F3N6O2S. The maximum Gasteiger partial charge on any atom is 0.443 e. The molecule has 1 aliphatic rings. The molecule has 0 spiro atoms. The van der Waals surface area contributed by atoms with Crippen molar-refractivity contribution in [2.45, 2.75) is 46.5 Å². The summed E-state index contributed by atoms with van der Waals surface area (Å²) in [7, 11) is 1.55. The SMILES string of the molecule is COc1ccc(-c2nc(C(F)(F)F)sc2N2CCN(C(=O)Cn3nc(C)nc3C)[C@H](C)C2)cc1C. The number of thiazole rings is 1. The van der Waals surface area contributed by atoms with Crippen molar-refractivity contribution in [3.8, 4) is 17.0 Å². The molecule has 2 aromatic heterocycles. The van der Waals surface area contributed by atoms with Gasteiger partial charge in [-0.25, -0.2) is 14.6 Å². The van der Waals surface area contributed by atoms with E-state index in [0.717, 1.165) is 5.56 Å². The fourth-order valence-corrected chi connectivity index (χ4v) is 5.29. The minimum absolute atomic E-state index is 0.0756. The fraction of sp³-hybridized carbons (Fsp3) is 0.478. The van der Waals surface area contributed by atoms with Crippen molar-refractivity contribution in [3.63, 3.8) is 0 Å². The Morgan fingerprint density at radius 1 is 1.20 bits per heavy atom. The van der Waals surface area contributed by atoms with Crippen LogP contribution < -0.4 is 9.64 Å². The summed E-state index contributed by atoms with van der Waals surface area (Å²) >= 11 is 0.635. The van der Waals surface area contributed by atoms with E-state index in [9.17, 15) is 18.0 Å². The molecule has 0 bridgehead atoms. The zero-order valence-corrected chi connectivity index (χ0v) is 21.0. The second-order valence-electron chi connectivity index (χ2n) is 8.60. The van der Waals surface area contributed by atoms with Gasteiger partial charge in [-0.3, -0.25) is 4.79 Å². The largest absolute Gasteiger partial charge is 0.496 e. The Hall–Kier alpha value is -3.15. The number of hydrogen-bond acceptors (Lipinski definition) is 7. The molecule has 0 saturated carbocycles. The van der Waals surface area contributed by atoms with Crippen molar-refractivity contribution in [2.24, 2.45) is 0 Å². The van der Waals surface area contributed by atoms with Gasteiger partial charge in [-0.05, 0) is 51.5 Å². The summed E-state index contributed by atoms with van der Waals surface area (Å²) in [4.78, 5) is 24.8. The third-order valence-corrected chi connectivity index (χ3v) is 7.16. The highest BCUT2D eigenvalue weighted by atomic mass is 32.1. The van der Waals surface area contributed by atoms with Crippen LogP contribution in [0.25, 0.3) is 11.3 Å². The molecule has 35 heavy (non-hydrogen) atoms. The number of carbonyl (C=O) groups is 1. The van der Waals surface area contributed by atoms with Crippen molar-refractivity contribution < 1.29 is 22.7 Å². The van der Waals surface area contributed by atoms with Crippen LogP contribution in [-0.2, 0) is 17.5 Å². The minimum Gasteiger partial charge on any atom is -0.496 e. The topological polar surface area (TPSA) is 76.4 Å². The van der Waals surface area contributed by atoms with E-state index in [4.69, 9.17) is 4.74 Å². The first-order valence-electron chi connectivity index (χ1n) is 11.1. The second kappa shape index (κ2) is 9.48. The third-order valence-electron chi connectivity index (χ3n) is 6.00. The molecule has 3 heterocycles. The van der Waals surface area contributed by atoms with Crippen LogP contribution in [0.5, 0.6) is 5.75 Å². The number of anilines is 1. The summed E-state index contributed by atoms with van der Waals surface area (Å²) in [6.07, 6.45) is -4.55. The summed E-state index contributed by atoms with van der Waals surface area (Å²) in [6.45, 7) is 8.53. The minimum atomic E-state index is -4.55. The summed E-state index contributed by atoms with van der Waals surface area (Å²) in [5.41, 5.74) is 1.68. The van der Waals surface area contributed by atoms with Crippen molar-refractivity contribution in [1.82, 2.24) is 24.6 Å². The molecule has 0 aliphatic carbocycles. The van der Waals surface area contributed by atoms with Crippen molar-refractivity contribution in [1.29, 1.82) is 0 Å². The quantitative estimate of drug-likeness (QED) is 0.517. The molecule has 1 amide bonds. The number of ether oxygens (including phenoxy) is 1. The van der Waals surface area contributed by atoms with Crippen LogP contribution >= 0.6 is 11.3 Å². The molecule has 12 heteroatoms. The molecule has 0 N–H and O–H groups in total. The van der Waals surface area contributed by atoms with E-state index in [1.54, 1.807) is 48.7 Å². The molecule has 1 aliphatic heterocycles. The van der Waals surface area contributed by atoms with Crippen molar-refractivity contribution in [3.05, 3.63) is 40.4 Å². The maximum absolute atomic E-state index is 13.6. The summed E-state index contributed by atoms with van der Waals surface area (Å²) in [5, 5.41) is 3.81. The van der Waals surface area contributed by atoms with Gasteiger partial charge in [0.25, 0.3) is 0 Å². The Bertz CT molecular complexity index is 1240. The van der Waals surface area contributed by atoms with E-state index < -0.39 is 11.2 Å². The molecule has 3 aromatic rings. The van der Waals surface area contributed by atoms with Gasteiger partial charge < -0.3 is 14.5 Å². The van der Waals surface area contributed by atoms with Gasteiger partial charge in [0.05, 0.1) is 7.11 Å². The van der Waals surface area contributed by atoms with Crippen LogP contribution in [0.3, 0.4) is 0 Å². The third kappa shape index (κ3) is 5.12. The number of rotatable bonds is 5. The van der Waals surface area contributed by atoms with E-state index in [1.165, 1.54) is 0 Å². The number of aryl methyl sites for hydroxylation is 3. The number of alkyl halides is 3. The maximum atomic E-state index is 13.6. The molecule has 4 rings (SSSR count). The number of hydrogen-bond donors (Lipinski definition) is 0. The first-order chi connectivity index (χ1) is 16.5. The van der Waals surface area contributed by atoms with Gasteiger partial charge in [0.15, 0.2) is 0 Å². The number of nitrogens with zero attached hydrogens (tertiary/aromatic N) is 6. The Morgan fingerprint density at radius 3 is 2.51 bits per heavy atom. The number of piperazine rings is 1. The van der Waals surface area contributed by atoms with Gasteiger partial charge in [-0.15, -0.1) is 0 Å². The van der Waals surface area contributed by atoms with Crippen LogP contribution in [0.1, 0.15) is 29.1 Å².